The Kier molecular flexibility index (Phi) is 5.52. The molecule has 144 valence electrons. The number of aromatic nitrogens is 2. The minimum Gasteiger partial charge on any atom is -0.460 e. The number of hydrogen-bond acceptors (Lipinski definition) is 3. The van der Waals surface area contributed by atoms with Gasteiger partial charge in [-0.3, -0.25) is 4.79 Å². The van der Waals surface area contributed by atoms with E-state index >= 15 is 0 Å². The van der Waals surface area contributed by atoms with Crippen LogP contribution in [0.25, 0.3) is 16.9 Å². The third kappa shape index (κ3) is 4.43. The number of aryl methyl sites for hydroxylation is 1. The third-order valence-corrected chi connectivity index (χ3v) is 4.84. The van der Waals surface area contributed by atoms with Gasteiger partial charge in [0.05, 0.1) is 17.8 Å². The summed E-state index contributed by atoms with van der Waals surface area (Å²) in [5.41, 5.74) is 5.72. The predicted octanol–water partition coefficient (Wildman–Crippen LogP) is 5.13. The highest BCUT2D eigenvalue weighted by Crippen LogP contribution is 2.24. The summed E-state index contributed by atoms with van der Waals surface area (Å²) in [4.78, 5) is 12.4. The van der Waals surface area contributed by atoms with Gasteiger partial charge in [0.15, 0.2) is 0 Å². The minimum absolute atomic E-state index is 0.182. The largest absolute Gasteiger partial charge is 0.460 e. The highest BCUT2D eigenvalue weighted by Gasteiger charge is 2.15. The standard InChI is InChI=1S/C25H22N2O2/c1-19-10-8-9-13-21(19)16-24(28)29-18-22-17-27(23-14-6-3-7-15-23)26-25(22)20-11-4-2-5-12-20/h2-15,17H,16,18H2,1H3. The second kappa shape index (κ2) is 8.57. The first-order chi connectivity index (χ1) is 14.2. The molecule has 0 saturated heterocycles. The predicted molar refractivity (Wildman–Crippen MR) is 114 cm³/mol. The van der Waals surface area contributed by atoms with E-state index in [4.69, 9.17) is 9.84 Å². The molecule has 0 aliphatic rings. The van der Waals surface area contributed by atoms with Gasteiger partial charge >= 0.3 is 5.97 Å². The highest BCUT2D eigenvalue weighted by atomic mass is 16.5. The Hall–Kier alpha value is -3.66. The van der Waals surface area contributed by atoms with Crippen LogP contribution in [0.3, 0.4) is 0 Å². The molecule has 4 aromatic rings. The van der Waals surface area contributed by atoms with Crippen molar-refractivity contribution in [3.8, 4) is 16.9 Å². The Morgan fingerprint density at radius 2 is 1.52 bits per heavy atom. The van der Waals surface area contributed by atoms with Crippen molar-refractivity contribution in [2.24, 2.45) is 0 Å². The minimum atomic E-state index is -0.245. The van der Waals surface area contributed by atoms with Crippen LogP contribution in [0.1, 0.15) is 16.7 Å². The van der Waals surface area contributed by atoms with E-state index in [0.29, 0.717) is 0 Å². The number of ether oxygens (including phenoxy) is 1. The van der Waals surface area contributed by atoms with Crippen LogP contribution in [-0.4, -0.2) is 15.7 Å². The van der Waals surface area contributed by atoms with Gasteiger partial charge in [-0.05, 0) is 30.2 Å². The summed E-state index contributed by atoms with van der Waals surface area (Å²) in [6, 6.07) is 27.7. The van der Waals surface area contributed by atoms with Crippen LogP contribution in [0.2, 0.25) is 0 Å². The Morgan fingerprint density at radius 3 is 2.24 bits per heavy atom. The van der Waals surface area contributed by atoms with E-state index < -0.39 is 0 Å². The van der Waals surface area contributed by atoms with E-state index in [-0.39, 0.29) is 19.0 Å². The summed E-state index contributed by atoms with van der Waals surface area (Å²) in [6.45, 7) is 2.18. The van der Waals surface area contributed by atoms with Crippen molar-refractivity contribution in [3.05, 3.63) is 108 Å². The fourth-order valence-electron chi connectivity index (χ4n) is 3.24. The first kappa shape index (κ1) is 18.7. The SMILES string of the molecule is Cc1ccccc1CC(=O)OCc1cn(-c2ccccc2)nc1-c1ccccc1. The number of rotatable bonds is 6. The van der Waals surface area contributed by atoms with Crippen LogP contribution in [0.15, 0.2) is 91.1 Å². The summed E-state index contributed by atoms with van der Waals surface area (Å²) in [5, 5.41) is 4.75. The van der Waals surface area contributed by atoms with Crippen molar-refractivity contribution in [1.82, 2.24) is 9.78 Å². The Balaban J connectivity index is 1.56. The van der Waals surface area contributed by atoms with Gasteiger partial charge in [0.1, 0.15) is 6.61 Å². The van der Waals surface area contributed by atoms with Gasteiger partial charge in [-0.1, -0.05) is 72.8 Å². The summed E-state index contributed by atoms with van der Waals surface area (Å²) in [7, 11) is 0. The van der Waals surface area contributed by atoms with Crippen molar-refractivity contribution in [3.63, 3.8) is 0 Å². The Labute approximate surface area is 170 Å². The Morgan fingerprint density at radius 1 is 0.862 bits per heavy atom. The van der Waals surface area contributed by atoms with Crippen LogP contribution in [0, 0.1) is 6.92 Å². The molecule has 1 aromatic heterocycles. The average molecular weight is 382 g/mol. The molecule has 0 spiro atoms. The zero-order valence-electron chi connectivity index (χ0n) is 16.3. The molecule has 0 aliphatic heterocycles. The van der Waals surface area contributed by atoms with E-state index in [1.54, 1.807) is 0 Å². The first-order valence-electron chi connectivity index (χ1n) is 9.60. The van der Waals surface area contributed by atoms with Crippen molar-refractivity contribution in [2.45, 2.75) is 20.0 Å². The smallest absolute Gasteiger partial charge is 0.310 e. The van der Waals surface area contributed by atoms with Gasteiger partial charge in [0.25, 0.3) is 0 Å². The maximum atomic E-state index is 12.4. The number of nitrogens with zero attached hydrogens (tertiary/aromatic N) is 2. The zero-order chi connectivity index (χ0) is 20.1. The average Bonchev–Trinajstić information content (AvgIpc) is 3.20. The van der Waals surface area contributed by atoms with Gasteiger partial charge < -0.3 is 4.74 Å². The van der Waals surface area contributed by atoms with Crippen molar-refractivity contribution in [1.29, 1.82) is 0 Å². The van der Waals surface area contributed by atoms with E-state index in [1.807, 2.05) is 103 Å². The van der Waals surface area contributed by atoms with Gasteiger partial charge in [0, 0.05) is 17.3 Å². The molecular formula is C25H22N2O2. The lowest BCUT2D eigenvalue weighted by atomic mass is 10.1. The van der Waals surface area contributed by atoms with Crippen LogP contribution in [-0.2, 0) is 22.6 Å². The van der Waals surface area contributed by atoms with Gasteiger partial charge in [0.2, 0.25) is 0 Å². The normalized spacial score (nSPS) is 10.7. The molecule has 0 unspecified atom stereocenters. The monoisotopic (exact) mass is 382 g/mol. The molecule has 0 saturated carbocycles. The number of benzene rings is 3. The molecule has 4 heteroatoms. The summed E-state index contributed by atoms with van der Waals surface area (Å²) < 4.78 is 7.43. The lowest BCUT2D eigenvalue weighted by Crippen LogP contribution is -2.09. The van der Waals surface area contributed by atoms with Crippen LogP contribution in [0.4, 0.5) is 0 Å². The van der Waals surface area contributed by atoms with Gasteiger partial charge in [-0.2, -0.15) is 5.10 Å². The van der Waals surface area contributed by atoms with E-state index in [0.717, 1.165) is 33.6 Å². The number of para-hydroxylation sites is 1. The number of esters is 1. The molecule has 0 radical (unpaired) electrons. The molecular weight excluding hydrogens is 360 g/mol. The quantitative estimate of drug-likeness (QED) is 0.434. The molecule has 29 heavy (non-hydrogen) atoms. The number of hydrogen-bond donors (Lipinski definition) is 0. The lowest BCUT2D eigenvalue weighted by molar-refractivity contribution is -0.144. The summed E-state index contributed by atoms with van der Waals surface area (Å²) in [5.74, 6) is -0.245. The van der Waals surface area contributed by atoms with Crippen LogP contribution in [0.5, 0.6) is 0 Å². The molecule has 1 heterocycles. The van der Waals surface area contributed by atoms with Crippen molar-refractivity contribution < 1.29 is 9.53 Å². The van der Waals surface area contributed by atoms with Crippen molar-refractivity contribution in [2.75, 3.05) is 0 Å². The van der Waals surface area contributed by atoms with Gasteiger partial charge in [-0.25, -0.2) is 4.68 Å². The Bertz CT molecular complexity index is 1100. The van der Waals surface area contributed by atoms with Gasteiger partial charge in [-0.15, -0.1) is 0 Å². The first-order valence-corrected chi connectivity index (χ1v) is 9.60. The molecule has 4 rings (SSSR count). The lowest BCUT2D eigenvalue weighted by Gasteiger charge is -2.07. The molecule has 0 bridgehead atoms. The van der Waals surface area contributed by atoms with E-state index in [1.165, 1.54) is 0 Å². The fourth-order valence-corrected chi connectivity index (χ4v) is 3.24. The number of carbonyl (C=O) groups excluding carboxylic acids is 1. The molecule has 0 atom stereocenters. The maximum absolute atomic E-state index is 12.4. The fraction of sp³-hybridized carbons (Fsp3) is 0.120. The maximum Gasteiger partial charge on any atom is 0.310 e. The topological polar surface area (TPSA) is 44.1 Å². The van der Waals surface area contributed by atoms with E-state index in [2.05, 4.69) is 0 Å². The van der Waals surface area contributed by atoms with Crippen molar-refractivity contribution >= 4 is 5.97 Å². The summed E-state index contributed by atoms with van der Waals surface area (Å²) >= 11 is 0. The number of carbonyl (C=O) groups is 1. The van der Waals surface area contributed by atoms with E-state index in [9.17, 15) is 4.79 Å². The molecule has 0 fully saturated rings. The second-order valence-corrected chi connectivity index (χ2v) is 6.91. The molecule has 0 aliphatic carbocycles. The molecule has 0 amide bonds. The third-order valence-electron chi connectivity index (χ3n) is 4.84. The van der Waals surface area contributed by atoms with Crippen LogP contribution >= 0.6 is 0 Å². The molecule has 4 nitrogen and oxygen atoms in total. The zero-order valence-corrected chi connectivity index (χ0v) is 16.3. The molecule has 3 aromatic carbocycles. The highest BCUT2D eigenvalue weighted by molar-refractivity contribution is 5.73. The molecule has 0 N–H and O–H groups in total. The summed E-state index contributed by atoms with van der Waals surface area (Å²) in [6.07, 6.45) is 2.19. The van der Waals surface area contributed by atoms with Crippen LogP contribution < -0.4 is 0 Å². The second-order valence-electron chi connectivity index (χ2n) is 6.91.